The molecule has 1 atom stereocenters. The Kier molecular flexibility index (Phi) is 8.58. The van der Waals surface area contributed by atoms with Crippen LogP contribution < -0.4 is 9.62 Å². The summed E-state index contributed by atoms with van der Waals surface area (Å²) in [5, 5.41) is 3.25. The van der Waals surface area contributed by atoms with Crippen LogP contribution in [-0.2, 0) is 38.0 Å². The Morgan fingerprint density at radius 2 is 1.80 bits per heavy atom. The normalized spacial score (nSPS) is 17.0. The van der Waals surface area contributed by atoms with Crippen LogP contribution in [0, 0.1) is 0 Å². The topological polar surface area (TPSA) is 92.1 Å². The lowest BCUT2D eigenvalue weighted by atomic mass is 9.74. The summed E-state index contributed by atoms with van der Waals surface area (Å²) < 4.78 is 38.0. The molecule has 1 N–H and O–H groups in total. The molecular weight excluding hydrogens is 546 g/mol. The van der Waals surface area contributed by atoms with E-state index >= 15 is 0 Å². The van der Waals surface area contributed by atoms with Crippen LogP contribution in [0.25, 0.3) is 0 Å². The number of piperidine rings is 1. The number of nitrogens with one attached hydrogen (secondary N) is 1. The predicted molar refractivity (Wildman–Crippen MR) is 159 cm³/mol. The van der Waals surface area contributed by atoms with Gasteiger partial charge >= 0.3 is 0 Å². The molecule has 0 saturated carbocycles. The van der Waals surface area contributed by atoms with E-state index in [9.17, 15) is 13.2 Å². The summed E-state index contributed by atoms with van der Waals surface area (Å²) in [6.45, 7) is 2.04. The summed E-state index contributed by atoms with van der Waals surface area (Å²) >= 11 is 5.60. The Labute approximate surface area is 241 Å². The molecule has 2 aliphatic rings. The van der Waals surface area contributed by atoms with E-state index in [1.165, 1.54) is 10.6 Å². The lowest BCUT2D eigenvalue weighted by Gasteiger charge is -2.41. The van der Waals surface area contributed by atoms with Crippen LogP contribution in [-0.4, -0.2) is 62.8 Å². The number of furan rings is 1. The van der Waals surface area contributed by atoms with Crippen LogP contribution in [0.1, 0.15) is 36.1 Å². The number of fused-ring (bicyclic) bond motifs is 2. The third kappa shape index (κ3) is 6.40. The molecule has 0 unspecified atom stereocenters. The van der Waals surface area contributed by atoms with Gasteiger partial charge in [-0.15, -0.1) is 0 Å². The number of thiocarbonyl (C=S) groups is 1. The molecule has 3 aromatic rings. The van der Waals surface area contributed by atoms with Gasteiger partial charge in [-0.2, -0.15) is 0 Å². The molecule has 0 radical (unpaired) electrons. The van der Waals surface area contributed by atoms with Crippen LogP contribution in [0.2, 0.25) is 0 Å². The molecule has 0 bridgehead atoms. The lowest BCUT2D eigenvalue weighted by Crippen LogP contribution is -2.55. The summed E-state index contributed by atoms with van der Waals surface area (Å²) in [5.41, 5.74) is 2.53. The molecule has 3 heterocycles. The first-order valence-electron chi connectivity index (χ1n) is 13.5. The maximum Gasteiger partial charge on any atom is 0.247 e. The summed E-state index contributed by atoms with van der Waals surface area (Å²) in [4.78, 5) is 16.2. The van der Waals surface area contributed by atoms with Gasteiger partial charge in [0.2, 0.25) is 15.9 Å². The molecule has 1 fully saturated rings. The Hall–Kier alpha value is -3.21. The van der Waals surface area contributed by atoms with Crippen molar-refractivity contribution >= 4 is 38.8 Å². The van der Waals surface area contributed by atoms with Gasteiger partial charge in [0.05, 0.1) is 36.4 Å². The zero-order valence-corrected chi connectivity index (χ0v) is 24.3. The van der Waals surface area contributed by atoms with Crippen LogP contribution in [0.4, 0.5) is 5.69 Å². The number of para-hydroxylation sites is 1. The van der Waals surface area contributed by atoms with Gasteiger partial charge in [-0.1, -0.05) is 60.7 Å². The minimum atomic E-state index is -3.40. The highest BCUT2D eigenvalue weighted by Gasteiger charge is 2.47. The molecule has 2 aromatic carbocycles. The number of sulfonamides is 1. The zero-order valence-electron chi connectivity index (χ0n) is 22.6. The maximum absolute atomic E-state index is 13.8. The summed E-state index contributed by atoms with van der Waals surface area (Å²) in [6, 6.07) is 20.7. The van der Waals surface area contributed by atoms with Gasteiger partial charge in [0, 0.05) is 37.9 Å². The van der Waals surface area contributed by atoms with E-state index in [2.05, 4.69) is 5.32 Å². The first-order valence-corrected chi connectivity index (χ1v) is 15.8. The molecule has 8 nitrogen and oxygen atoms in total. The number of hydrogen-bond donors (Lipinski definition) is 1. The molecule has 0 aliphatic carbocycles. The number of likely N-dealkylation sites (tertiary alicyclic amines) is 1. The lowest BCUT2D eigenvalue weighted by molar-refractivity contribution is -0.136. The summed E-state index contributed by atoms with van der Waals surface area (Å²) in [7, 11) is -3.40. The first kappa shape index (κ1) is 28.3. The number of nitrogens with zero attached hydrogens (tertiary/aromatic N) is 2. The predicted octanol–water partition coefficient (Wildman–Crippen LogP) is 4.05. The second-order valence-corrected chi connectivity index (χ2v) is 13.0. The van der Waals surface area contributed by atoms with Crippen molar-refractivity contribution in [2.45, 2.75) is 43.7 Å². The largest absolute Gasteiger partial charge is 0.469 e. The Morgan fingerprint density at radius 3 is 2.50 bits per heavy atom. The molecule has 10 heteroatoms. The van der Waals surface area contributed by atoms with Gasteiger partial charge in [0.25, 0.3) is 0 Å². The molecule has 1 saturated heterocycles. The molecule has 1 spiro atoms. The standard InChI is InChI=1S/C30H35N3O5S2/c1-40(35,36)33-22-30(25-11-5-6-12-27(25)33)15-17-32(18-16-30)29(34)26(21-37-20-23-8-3-2-4-9-23)31-28(39)14-13-24-10-7-19-38-24/h2-12,19,26H,13-18,20-22H2,1H3,(H,31,39)/t26-/m1/s1. The second kappa shape index (κ2) is 12.1. The van der Waals surface area contributed by atoms with E-state index in [0.717, 1.165) is 22.6 Å². The number of carbonyl (C=O) groups excluding carboxylic acids is 1. The van der Waals surface area contributed by atoms with Gasteiger partial charge in [0.15, 0.2) is 0 Å². The fourth-order valence-electron chi connectivity index (χ4n) is 5.69. The quantitative estimate of drug-likeness (QED) is 0.361. The molecule has 212 valence electrons. The van der Waals surface area contributed by atoms with Gasteiger partial charge in [-0.25, -0.2) is 8.42 Å². The number of carbonyl (C=O) groups is 1. The fourth-order valence-corrected chi connectivity index (χ4v) is 6.93. The minimum absolute atomic E-state index is 0.0606. The minimum Gasteiger partial charge on any atom is -0.469 e. The highest BCUT2D eigenvalue weighted by molar-refractivity contribution is 7.92. The molecule has 5 rings (SSSR count). The van der Waals surface area contributed by atoms with E-state index in [-0.39, 0.29) is 17.9 Å². The van der Waals surface area contributed by atoms with Crippen LogP contribution in [0.5, 0.6) is 0 Å². The van der Waals surface area contributed by atoms with Crippen molar-refractivity contribution in [3.8, 4) is 0 Å². The van der Waals surface area contributed by atoms with Crippen molar-refractivity contribution in [3.05, 3.63) is 89.9 Å². The van der Waals surface area contributed by atoms with Crippen LogP contribution in [0.3, 0.4) is 0 Å². The van der Waals surface area contributed by atoms with Crippen molar-refractivity contribution in [1.29, 1.82) is 0 Å². The SMILES string of the molecule is CS(=O)(=O)N1CC2(CCN(C(=O)[C@@H](COCc3ccccc3)NC(=S)CCc3ccco3)CC2)c2ccccc21. The first-order chi connectivity index (χ1) is 19.2. The van der Waals surface area contributed by atoms with Gasteiger partial charge in [0.1, 0.15) is 11.8 Å². The van der Waals surface area contributed by atoms with Gasteiger partial charge < -0.3 is 19.4 Å². The van der Waals surface area contributed by atoms with Gasteiger partial charge in [-0.05, 0) is 42.2 Å². The number of anilines is 1. The molecule has 40 heavy (non-hydrogen) atoms. The summed E-state index contributed by atoms with van der Waals surface area (Å²) in [5.74, 6) is 0.781. The number of ether oxygens (including phenoxy) is 1. The average molecular weight is 582 g/mol. The van der Waals surface area contributed by atoms with E-state index in [1.54, 1.807) is 6.26 Å². The third-order valence-corrected chi connectivity index (χ3v) is 9.28. The van der Waals surface area contributed by atoms with Crippen molar-refractivity contribution in [2.75, 3.05) is 36.8 Å². The highest BCUT2D eigenvalue weighted by Crippen LogP contribution is 2.47. The van der Waals surface area contributed by atoms with Crippen molar-refractivity contribution in [1.82, 2.24) is 10.2 Å². The second-order valence-electron chi connectivity index (χ2n) is 10.6. The molecule has 1 aromatic heterocycles. The average Bonchev–Trinajstić information content (AvgIpc) is 3.59. The number of benzene rings is 2. The zero-order chi connectivity index (χ0) is 28.2. The smallest absolute Gasteiger partial charge is 0.247 e. The fraction of sp³-hybridized carbons (Fsp3) is 0.400. The molecular formula is C30H35N3O5S2. The summed E-state index contributed by atoms with van der Waals surface area (Å²) in [6.07, 6.45) is 5.46. The van der Waals surface area contributed by atoms with E-state index in [1.807, 2.05) is 71.6 Å². The third-order valence-electron chi connectivity index (χ3n) is 7.83. The Morgan fingerprint density at radius 1 is 1.07 bits per heavy atom. The Balaban J connectivity index is 1.25. The number of amides is 1. The number of rotatable bonds is 10. The maximum atomic E-state index is 13.8. The number of hydrogen-bond acceptors (Lipinski definition) is 6. The van der Waals surface area contributed by atoms with Crippen molar-refractivity contribution < 1.29 is 22.4 Å². The monoisotopic (exact) mass is 581 g/mol. The van der Waals surface area contributed by atoms with Crippen molar-refractivity contribution in [2.24, 2.45) is 0 Å². The van der Waals surface area contributed by atoms with Crippen LogP contribution in [0.15, 0.2) is 77.4 Å². The van der Waals surface area contributed by atoms with E-state index in [4.69, 9.17) is 21.4 Å². The Bertz CT molecular complexity index is 1420. The van der Waals surface area contributed by atoms with E-state index < -0.39 is 16.1 Å². The number of aryl methyl sites for hydroxylation is 1. The molecule has 2 aliphatic heterocycles. The highest BCUT2D eigenvalue weighted by atomic mass is 32.2. The van der Waals surface area contributed by atoms with E-state index in [0.29, 0.717) is 56.9 Å². The van der Waals surface area contributed by atoms with Gasteiger partial charge in [-0.3, -0.25) is 9.10 Å². The van der Waals surface area contributed by atoms with Crippen molar-refractivity contribution in [3.63, 3.8) is 0 Å². The molecule has 1 amide bonds. The van der Waals surface area contributed by atoms with Crippen LogP contribution >= 0.6 is 12.2 Å².